The quantitative estimate of drug-likeness (QED) is 0.618. The molecule has 0 spiro atoms. The number of hydrogen-bond acceptors (Lipinski definition) is 3. The van der Waals surface area contributed by atoms with E-state index in [-0.39, 0.29) is 17.4 Å². The fourth-order valence-electron chi connectivity index (χ4n) is 1.94. The van der Waals surface area contributed by atoms with Crippen molar-refractivity contribution in [3.05, 3.63) is 67.9 Å². The molecule has 0 saturated heterocycles. The lowest BCUT2D eigenvalue weighted by Crippen LogP contribution is -2.09. The van der Waals surface area contributed by atoms with Crippen LogP contribution in [0.25, 0.3) is 0 Å². The van der Waals surface area contributed by atoms with E-state index in [9.17, 15) is 14.5 Å². The van der Waals surface area contributed by atoms with Crippen LogP contribution in [0.2, 0.25) is 10.0 Å². The molecule has 7 heteroatoms. The Morgan fingerprint density at radius 2 is 1.95 bits per heavy atom. The van der Waals surface area contributed by atoms with Gasteiger partial charge in [0.25, 0.3) is 5.69 Å². The highest BCUT2D eigenvalue weighted by atomic mass is 35.5. The first kappa shape index (κ1) is 15.5. The topological polar surface area (TPSA) is 55.2 Å². The van der Waals surface area contributed by atoms with E-state index >= 15 is 0 Å². The number of nitrogens with one attached hydrogen (secondary N) is 1. The van der Waals surface area contributed by atoms with E-state index < -0.39 is 10.7 Å². The SMILES string of the molecule is CC(Nc1ccc(F)cc1[N+](=O)[O-])c1cc(Cl)ccc1Cl. The minimum absolute atomic E-state index is 0.213. The fourth-order valence-corrected chi connectivity index (χ4v) is 2.40. The van der Waals surface area contributed by atoms with E-state index in [0.29, 0.717) is 15.6 Å². The molecule has 110 valence electrons. The zero-order chi connectivity index (χ0) is 15.6. The molecule has 1 unspecified atom stereocenters. The highest BCUT2D eigenvalue weighted by molar-refractivity contribution is 6.33. The second-order valence-electron chi connectivity index (χ2n) is 4.45. The van der Waals surface area contributed by atoms with Gasteiger partial charge in [0, 0.05) is 10.0 Å². The molecule has 1 N–H and O–H groups in total. The third-order valence-electron chi connectivity index (χ3n) is 2.95. The average Bonchev–Trinajstić information content (AvgIpc) is 2.43. The van der Waals surface area contributed by atoms with Crippen LogP contribution < -0.4 is 5.32 Å². The summed E-state index contributed by atoms with van der Waals surface area (Å²) >= 11 is 12.0. The van der Waals surface area contributed by atoms with Crippen LogP contribution in [0.1, 0.15) is 18.5 Å². The second-order valence-corrected chi connectivity index (χ2v) is 5.29. The molecule has 0 heterocycles. The monoisotopic (exact) mass is 328 g/mol. The predicted molar refractivity (Wildman–Crippen MR) is 81.6 cm³/mol. The molecule has 0 aromatic heterocycles. The Morgan fingerprint density at radius 3 is 2.62 bits per heavy atom. The number of rotatable bonds is 4. The molecule has 0 aliphatic rings. The molecule has 0 aliphatic heterocycles. The molecule has 21 heavy (non-hydrogen) atoms. The number of anilines is 1. The Kier molecular flexibility index (Phi) is 4.65. The molecule has 0 fully saturated rings. The first-order valence-electron chi connectivity index (χ1n) is 6.04. The van der Waals surface area contributed by atoms with Crippen molar-refractivity contribution in [3.63, 3.8) is 0 Å². The normalized spacial score (nSPS) is 12.0. The van der Waals surface area contributed by atoms with E-state index in [1.54, 1.807) is 25.1 Å². The number of hydrogen-bond donors (Lipinski definition) is 1. The number of nitro benzene ring substituents is 1. The summed E-state index contributed by atoms with van der Waals surface area (Å²) in [4.78, 5) is 10.3. The molecule has 0 radical (unpaired) electrons. The summed E-state index contributed by atoms with van der Waals surface area (Å²) in [5.41, 5.74) is 0.577. The van der Waals surface area contributed by atoms with Gasteiger partial charge in [0.1, 0.15) is 11.5 Å². The van der Waals surface area contributed by atoms with Crippen LogP contribution in [-0.2, 0) is 0 Å². The van der Waals surface area contributed by atoms with E-state index in [1.807, 2.05) is 0 Å². The molecule has 0 amide bonds. The van der Waals surface area contributed by atoms with Gasteiger partial charge < -0.3 is 5.32 Å². The zero-order valence-electron chi connectivity index (χ0n) is 10.9. The summed E-state index contributed by atoms with van der Waals surface area (Å²) < 4.78 is 13.1. The first-order valence-corrected chi connectivity index (χ1v) is 6.79. The Balaban J connectivity index is 2.33. The van der Waals surface area contributed by atoms with Gasteiger partial charge in [-0.2, -0.15) is 0 Å². The number of benzene rings is 2. The molecule has 1 atom stereocenters. The summed E-state index contributed by atoms with van der Waals surface area (Å²) in [5.74, 6) is -0.666. The predicted octanol–water partition coefficient (Wildman–Crippen LogP) is 5.21. The maximum Gasteiger partial charge on any atom is 0.295 e. The van der Waals surface area contributed by atoms with E-state index in [4.69, 9.17) is 23.2 Å². The summed E-state index contributed by atoms with van der Waals surface area (Å²) in [6.45, 7) is 1.78. The molecule has 4 nitrogen and oxygen atoms in total. The van der Waals surface area contributed by atoms with Gasteiger partial charge in [-0.25, -0.2) is 4.39 Å². The van der Waals surface area contributed by atoms with Gasteiger partial charge >= 0.3 is 0 Å². The van der Waals surface area contributed by atoms with Gasteiger partial charge in [-0.1, -0.05) is 23.2 Å². The lowest BCUT2D eigenvalue weighted by atomic mass is 10.1. The maximum absolute atomic E-state index is 13.1. The van der Waals surface area contributed by atoms with E-state index in [2.05, 4.69) is 5.32 Å². The zero-order valence-corrected chi connectivity index (χ0v) is 12.5. The van der Waals surface area contributed by atoms with E-state index in [0.717, 1.165) is 12.1 Å². The third kappa shape index (κ3) is 3.62. The lowest BCUT2D eigenvalue weighted by Gasteiger charge is -2.17. The molecular weight excluding hydrogens is 318 g/mol. The van der Waals surface area contributed by atoms with Gasteiger partial charge in [0.2, 0.25) is 0 Å². The molecule has 0 bridgehead atoms. The van der Waals surface area contributed by atoms with Crippen molar-refractivity contribution in [3.8, 4) is 0 Å². The molecule has 0 aliphatic carbocycles. The van der Waals surface area contributed by atoms with Gasteiger partial charge in [0.05, 0.1) is 17.0 Å². The van der Waals surface area contributed by atoms with Gasteiger partial charge in [-0.05, 0) is 42.8 Å². The van der Waals surface area contributed by atoms with Crippen LogP contribution in [0.15, 0.2) is 36.4 Å². The fraction of sp³-hybridized carbons (Fsp3) is 0.143. The minimum atomic E-state index is -0.666. The van der Waals surface area contributed by atoms with Crippen molar-refractivity contribution in [1.82, 2.24) is 0 Å². The largest absolute Gasteiger partial charge is 0.373 e. The Hall–Kier alpha value is -1.85. The summed E-state index contributed by atoms with van der Waals surface area (Å²) in [5, 5.41) is 14.9. The van der Waals surface area contributed by atoms with E-state index in [1.165, 1.54) is 6.07 Å². The van der Waals surface area contributed by atoms with Crippen LogP contribution in [0, 0.1) is 15.9 Å². The number of nitro groups is 1. The number of nitrogens with zero attached hydrogens (tertiary/aromatic N) is 1. The average molecular weight is 329 g/mol. The highest BCUT2D eigenvalue weighted by Gasteiger charge is 2.18. The van der Waals surface area contributed by atoms with Crippen molar-refractivity contribution < 1.29 is 9.31 Å². The van der Waals surface area contributed by atoms with Gasteiger partial charge in [-0.3, -0.25) is 10.1 Å². The van der Waals surface area contributed by atoms with Crippen LogP contribution in [0.3, 0.4) is 0 Å². The van der Waals surface area contributed by atoms with Crippen molar-refractivity contribution in [2.45, 2.75) is 13.0 Å². The number of halogens is 3. The van der Waals surface area contributed by atoms with Crippen molar-refractivity contribution in [2.75, 3.05) is 5.32 Å². The Labute approximate surface area is 130 Å². The van der Waals surface area contributed by atoms with Crippen LogP contribution >= 0.6 is 23.2 Å². The molecule has 2 rings (SSSR count). The Morgan fingerprint density at radius 1 is 1.24 bits per heavy atom. The third-order valence-corrected chi connectivity index (χ3v) is 3.53. The highest BCUT2D eigenvalue weighted by Crippen LogP contribution is 2.32. The van der Waals surface area contributed by atoms with Crippen molar-refractivity contribution in [1.29, 1.82) is 0 Å². The van der Waals surface area contributed by atoms with Crippen LogP contribution in [0.5, 0.6) is 0 Å². The summed E-state index contributed by atoms with van der Waals surface area (Å²) in [6.07, 6.45) is 0. The van der Waals surface area contributed by atoms with Crippen molar-refractivity contribution in [2.24, 2.45) is 0 Å². The molecular formula is C14H11Cl2FN2O2. The minimum Gasteiger partial charge on any atom is -0.373 e. The molecule has 0 saturated carbocycles. The summed E-state index contributed by atoms with van der Waals surface area (Å²) in [7, 11) is 0. The van der Waals surface area contributed by atoms with Gasteiger partial charge in [0.15, 0.2) is 0 Å². The Bertz CT molecular complexity index is 695. The lowest BCUT2D eigenvalue weighted by molar-refractivity contribution is -0.384. The molecule has 2 aromatic rings. The van der Waals surface area contributed by atoms with Crippen LogP contribution in [0.4, 0.5) is 15.8 Å². The van der Waals surface area contributed by atoms with Crippen molar-refractivity contribution >= 4 is 34.6 Å². The van der Waals surface area contributed by atoms with Crippen LogP contribution in [-0.4, -0.2) is 4.92 Å². The second kappa shape index (κ2) is 6.28. The molecule has 2 aromatic carbocycles. The first-order chi connectivity index (χ1) is 9.88. The maximum atomic E-state index is 13.1. The summed E-state index contributed by atoms with van der Waals surface area (Å²) in [6, 6.07) is 7.99. The smallest absolute Gasteiger partial charge is 0.295 e. The van der Waals surface area contributed by atoms with Gasteiger partial charge in [-0.15, -0.1) is 0 Å². The standard InChI is InChI=1S/C14H11Cl2FN2O2/c1-8(11-6-9(15)2-4-12(11)16)18-13-5-3-10(17)7-14(13)19(20)21/h2-8,18H,1H3.